The van der Waals surface area contributed by atoms with Gasteiger partial charge in [-0.2, -0.15) is 0 Å². The monoisotopic (exact) mass is 318 g/mol. The number of nitrogen functional groups attached to an aromatic ring is 1. The number of rotatable bonds is 1. The number of aromatic nitrogens is 1. The van der Waals surface area contributed by atoms with E-state index in [1.807, 2.05) is 0 Å². The van der Waals surface area contributed by atoms with Gasteiger partial charge in [-0.3, -0.25) is 4.98 Å². The molecule has 1 heterocycles. The van der Waals surface area contributed by atoms with Gasteiger partial charge >= 0.3 is 0 Å². The Morgan fingerprint density at radius 3 is 2.58 bits per heavy atom. The molecule has 0 spiro atoms. The summed E-state index contributed by atoms with van der Waals surface area (Å²) in [7, 11) is 0. The lowest BCUT2D eigenvalue weighted by molar-refractivity contribution is 0.701. The highest BCUT2D eigenvalue weighted by Gasteiger charge is 2.20. The second-order valence-corrected chi connectivity index (χ2v) is 6.44. The molecule has 0 amide bonds. The van der Waals surface area contributed by atoms with E-state index >= 15 is 0 Å². The summed E-state index contributed by atoms with van der Waals surface area (Å²) in [4.78, 5) is 4.88. The normalized spacial score (nSPS) is 16.4. The minimum absolute atomic E-state index is 0.607. The van der Waals surface area contributed by atoms with E-state index in [2.05, 4.69) is 41.9 Å². The van der Waals surface area contributed by atoms with Gasteiger partial charge in [-0.25, -0.2) is 0 Å². The third-order valence-electron chi connectivity index (χ3n) is 4.27. The largest absolute Gasteiger partial charge is 0.398 e. The zero-order chi connectivity index (χ0) is 13.6. The fraction of sp³-hybridized carbons (Fsp3) is 0.438. The zero-order valence-corrected chi connectivity index (χ0v) is 13.0. The van der Waals surface area contributed by atoms with Crippen LogP contribution in [0.4, 0.5) is 5.69 Å². The van der Waals surface area contributed by atoms with E-state index in [4.69, 9.17) is 10.7 Å². The van der Waals surface area contributed by atoms with Gasteiger partial charge in [0.2, 0.25) is 0 Å². The van der Waals surface area contributed by atoms with E-state index < -0.39 is 0 Å². The van der Waals surface area contributed by atoms with Gasteiger partial charge in [0, 0.05) is 27.2 Å². The van der Waals surface area contributed by atoms with Crippen LogP contribution in [0.1, 0.15) is 48.4 Å². The Bertz CT molecular complexity index is 643. The SMILES string of the molecule is Cc1cc2nc(C3CCCC3)cc(N)c2c(C)c1Br. The van der Waals surface area contributed by atoms with Gasteiger partial charge < -0.3 is 5.73 Å². The molecule has 0 radical (unpaired) electrons. The van der Waals surface area contributed by atoms with Gasteiger partial charge in [-0.05, 0) is 49.9 Å². The first kappa shape index (κ1) is 12.9. The Kier molecular flexibility index (Phi) is 3.25. The van der Waals surface area contributed by atoms with Gasteiger partial charge in [-0.1, -0.05) is 28.8 Å². The number of aryl methyl sites for hydroxylation is 2. The third-order valence-corrected chi connectivity index (χ3v) is 5.50. The molecule has 1 saturated carbocycles. The van der Waals surface area contributed by atoms with Crippen LogP contribution in [0.5, 0.6) is 0 Å². The number of halogens is 1. The molecule has 2 N–H and O–H groups in total. The fourth-order valence-electron chi connectivity index (χ4n) is 3.22. The van der Waals surface area contributed by atoms with Crippen molar-refractivity contribution in [3.8, 4) is 0 Å². The molecule has 1 aromatic heterocycles. The number of pyridine rings is 1. The summed E-state index contributed by atoms with van der Waals surface area (Å²) in [5, 5.41) is 1.10. The van der Waals surface area contributed by atoms with Gasteiger partial charge in [0.05, 0.1) is 5.52 Å². The predicted octanol–water partition coefficient (Wildman–Crippen LogP) is 4.85. The number of hydrogen-bond donors (Lipinski definition) is 1. The van der Waals surface area contributed by atoms with Gasteiger partial charge in [0.1, 0.15) is 0 Å². The Morgan fingerprint density at radius 1 is 1.21 bits per heavy atom. The minimum atomic E-state index is 0.607. The average molecular weight is 319 g/mol. The molecule has 0 saturated heterocycles. The summed E-state index contributed by atoms with van der Waals surface area (Å²) in [6.07, 6.45) is 5.16. The lowest BCUT2D eigenvalue weighted by Gasteiger charge is -2.14. The second kappa shape index (κ2) is 4.78. The van der Waals surface area contributed by atoms with Crippen LogP contribution in [0.3, 0.4) is 0 Å². The van der Waals surface area contributed by atoms with Crippen LogP contribution in [0.25, 0.3) is 10.9 Å². The Balaban J connectivity index is 2.23. The van der Waals surface area contributed by atoms with Crippen LogP contribution in [0.2, 0.25) is 0 Å². The zero-order valence-electron chi connectivity index (χ0n) is 11.5. The maximum atomic E-state index is 6.28. The van der Waals surface area contributed by atoms with Gasteiger partial charge in [0.15, 0.2) is 0 Å². The Labute approximate surface area is 122 Å². The van der Waals surface area contributed by atoms with Crippen molar-refractivity contribution >= 4 is 32.5 Å². The number of nitrogens with two attached hydrogens (primary N) is 1. The van der Waals surface area contributed by atoms with Crippen molar-refractivity contribution in [1.29, 1.82) is 0 Å². The summed E-state index contributed by atoms with van der Waals surface area (Å²) >= 11 is 3.64. The van der Waals surface area contributed by atoms with Crippen LogP contribution in [-0.4, -0.2) is 4.98 Å². The van der Waals surface area contributed by atoms with Crippen molar-refractivity contribution < 1.29 is 0 Å². The molecule has 1 aliphatic rings. The minimum Gasteiger partial charge on any atom is -0.398 e. The number of anilines is 1. The molecule has 100 valence electrons. The van der Waals surface area contributed by atoms with Crippen LogP contribution >= 0.6 is 15.9 Å². The molecule has 1 aliphatic carbocycles. The van der Waals surface area contributed by atoms with E-state index in [1.54, 1.807) is 0 Å². The summed E-state index contributed by atoms with van der Waals surface area (Å²) in [5.41, 5.74) is 11.8. The molecule has 19 heavy (non-hydrogen) atoms. The molecule has 0 aliphatic heterocycles. The van der Waals surface area contributed by atoms with Crippen LogP contribution in [0, 0.1) is 13.8 Å². The van der Waals surface area contributed by atoms with E-state index in [1.165, 1.54) is 42.5 Å². The van der Waals surface area contributed by atoms with Crippen molar-refractivity contribution in [2.75, 3.05) is 5.73 Å². The molecule has 3 rings (SSSR count). The Morgan fingerprint density at radius 2 is 1.89 bits per heavy atom. The summed E-state index contributed by atoms with van der Waals surface area (Å²) in [6.45, 7) is 4.21. The van der Waals surface area contributed by atoms with Crippen molar-refractivity contribution in [3.63, 3.8) is 0 Å². The lowest BCUT2D eigenvalue weighted by atomic mass is 9.99. The molecule has 0 bridgehead atoms. The molecule has 0 unspecified atom stereocenters. The molecular weight excluding hydrogens is 300 g/mol. The Hall–Kier alpha value is -1.09. The van der Waals surface area contributed by atoms with Crippen LogP contribution in [-0.2, 0) is 0 Å². The van der Waals surface area contributed by atoms with E-state index in [0.29, 0.717) is 5.92 Å². The van der Waals surface area contributed by atoms with Crippen molar-refractivity contribution in [2.24, 2.45) is 0 Å². The molecule has 0 atom stereocenters. The molecule has 2 aromatic rings. The standard InChI is InChI=1S/C16H19BrN2/c1-9-7-14-15(10(2)16(9)17)12(18)8-13(19-14)11-5-3-4-6-11/h7-8,11H,3-6H2,1-2H3,(H2,18,19). The quantitative estimate of drug-likeness (QED) is 0.816. The first-order valence-electron chi connectivity index (χ1n) is 6.93. The number of hydrogen-bond acceptors (Lipinski definition) is 2. The smallest absolute Gasteiger partial charge is 0.0732 e. The molecule has 2 nitrogen and oxygen atoms in total. The highest BCUT2D eigenvalue weighted by atomic mass is 79.9. The van der Waals surface area contributed by atoms with E-state index in [-0.39, 0.29) is 0 Å². The lowest BCUT2D eigenvalue weighted by Crippen LogP contribution is -2.01. The van der Waals surface area contributed by atoms with Gasteiger partial charge in [0.25, 0.3) is 0 Å². The summed E-state index contributed by atoms with van der Waals surface area (Å²) < 4.78 is 1.14. The molecular formula is C16H19BrN2. The summed E-state index contributed by atoms with van der Waals surface area (Å²) in [5.74, 6) is 0.607. The van der Waals surface area contributed by atoms with Crippen molar-refractivity contribution in [1.82, 2.24) is 4.98 Å². The molecule has 1 aromatic carbocycles. The van der Waals surface area contributed by atoms with Crippen molar-refractivity contribution in [3.05, 3.63) is 33.4 Å². The highest BCUT2D eigenvalue weighted by molar-refractivity contribution is 9.10. The molecule has 1 fully saturated rings. The maximum absolute atomic E-state index is 6.28. The maximum Gasteiger partial charge on any atom is 0.0732 e. The molecule has 3 heteroatoms. The van der Waals surface area contributed by atoms with Crippen LogP contribution < -0.4 is 5.73 Å². The highest BCUT2D eigenvalue weighted by Crippen LogP contribution is 2.37. The first-order valence-corrected chi connectivity index (χ1v) is 7.73. The fourth-order valence-corrected chi connectivity index (χ4v) is 3.54. The topological polar surface area (TPSA) is 38.9 Å². The second-order valence-electron chi connectivity index (χ2n) is 5.64. The van der Waals surface area contributed by atoms with Crippen LogP contribution in [0.15, 0.2) is 16.6 Å². The third kappa shape index (κ3) is 2.14. The van der Waals surface area contributed by atoms with Crippen molar-refractivity contribution in [2.45, 2.75) is 45.4 Å². The first-order chi connectivity index (χ1) is 9.08. The van der Waals surface area contributed by atoms with E-state index in [9.17, 15) is 0 Å². The van der Waals surface area contributed by atoms with E-state index in [0.717, 1.165) is 21.1 Å². The predicted molar refractivity (Wildman–Crippen MR) is 84.5 cm³/mol. The summed E-state index contributed by atoms with van der Waals surface area (Å²) in [6, 6.07) is 4.23. The van der Waals surface area contributed by atoms with Gasteiger partial charge in [-0.15, -0.1) is 0 Å². The number of fused-ring (bicyclic) bond motifs is 1. The average Bonchev–Trinajstić information content (AvgIpc) is 2.89. The number of benzene rings is 1. The number of nitrogens with zero attached hydrogens (tertiary/aromatic N) is 1.